The third-order valence-electron chi connectivity index (χ3n) is 6.29. The molecule has 5 rings (SSSR count). The molecule has 0 spiro atoms. The Balaban J connectivity index is 1.31. The van der Waals surface area contributed by atoms with Crippen LogP contribution in [0.1, 0.15) is 16.7 Å². The van der Waals surface area contributed by atoms with Crippen LogP contribution in [0.15, 0.2) is 71.6 Å². The molecule has 0 unspecified atom stereocenters. The van der Waals surface area contributed by atoms with Crippen LogP contribution in [-0.4, -0.2) is 36.3 Å². The molecule has 3 aromatic carbocycles. The molecule has 36 heavy (non-hydrogen) atoms. The Bertz CT molecular complexity index is 1390. The number of benzene rings is 3. The third-order valence-corrected chi connectivity index (χ3v) is 7.45. The Morgan fingerprint density at radius 1 is 1.11 bits per heavy atom. The Morgan fingerprint density at radius 3 is 2.61 bits per heavy atom. The van der Waals surface area contributed by atoms with Crippen molar-refractivity contribution < 1.29 is 14.3 Å². The minimum Gasteiger partial charge on any atom is -0.482 e. The molecule has 0 saturated carbocycles. The van der Waals surface area contributed by atoms with Crippen LogP contribution >= 0.6 is 24.0 Å². The first-order valence-corrected chi connectivity index (χ1v) is 12.8. The van der Waals surface area contributed by atoms with Gasteiger partial charge in [-0.15, -0.1) is 0 Å². The molecule has 2 aliphatic heterocycles. The van der Waals surface area contributed by atoms with Gasteiger partial charge in [0.25, 0.3) is 11.8 Å². The van der Waals surface area contributed by atoms with Crippen LogP contribution in [0.5, 0.6) is 5.75 Å². The number of para-hydroxylation sites is 1. The molecule has 3 aromatic rings. The Kier molecular flexibility index (Phi) is 6.80. The second-order valence-electron chi connectivity index (χ2n) is 8.68. The zero-order valence-corrected chi connectivity index (χ0v) is 21.6. The van der Waals surface area contributed by atoms with Crippen LogP contribution in [0, 0.1) is 6.92 Å². The van der Waals surface area contributed by atoms with Gasteiger partial charge in [0.1, 0.15) is 10.1 Å². The average molecular weight is 516 g/mol. The van der Waals surface area contributed by atoms with E-state index in [4.69, 9.17) is 17.0 Å². The number of fused-ring (bicyclic) bond motifs is 1. The maximum absolute atomic E-state index is 12.8. The summed E-state index contributed by atoms with van der Waals surface area (Å²) in [7, 11) is 2.06. The molecule has 0 radical (unpaired) electrons. The first-order valence-electron chi connectivity index (χ1n) is 11.6. The predicted molar refractivity (Wildman–Crippen MR) is 150 cm³/mol. The Labute approximate surface area is 219 Å². The number of thioether (sulfide) groups is 1. The van der Waals surface area contributed by atoms with E-state index in [1.165, 1.54) is 23.0 Å². The normalized spacial score (nSPS) is 16.1. The second-order valence-corrected chi connectivity index (χ2v) is 10.4. The van der Waals surface area contributed by atoms with Gasteiger partial charge in [0.05, 0.1) is 10.6 Å². The van der Waals surface area contributed by atoms with Gasteiger partial charge in [-0.1, -0.05) is 60.4 Å². The fourth-order valence-electron chi connectivity index (χ4n) is 4.33. The van der Waals surface area contributed by atoms with Crippen molar-refractivity contribution in [2.75, 3.05) is 30.0 Å². The first kappa shape index (κ1) is 24.1. The molecule has 2 heterocycles. The SMILES string of the molecule is Cc1ccccc1N(C)c1ccc(CCN2C(=O)COc3ccc(C=C4SC(=S)NC4=O)cc32)cc1. The fourth-order valence-corrected chi connectivity index (χ4v) is 5.38. The molecule has 1 saturated heterocycles. The van der Waals surface area contributed by atoms with Crippen molar-refractivity contribution in [1.82, 2.24) is 5.32 Å². The number of thiocarbonyl (C=S) groups is 1. The smallest absolute Gasteiger partial charge is 0.265 e. The van der Waals surface area contributed by atoms with Crippen molar-refractivity contribution in [3.8, 4) is 5.75 Å². The lowest BCUT2D eigenvalue weighted by Crippen LogP contribution is -2.40. The summed E-state index contributed by atoms with van der Waals surface area (Å²) in [6.45, 7) is 2.65. The fraction of sp³-hybridized carbons (Fsp3) is 0.179. The highest BCUT2D eigenvalue weighted by Gasteiger charge is 2.26. The zero-order valence-electron chi connectivity index (χ0n) is 20.0. The van der Waals surface area contributed by atoms with Gasteiger partial charge < -0.3 is 19.9 Å². The van der Waals surface area contributed by atoms with Crippen molar-refractivity contribution in [3.63, 3.8) is 0 Å². The quantitative estimate of drug-likeness (QED) is 0.359. The number of nitrogens with one attached hydrogen (secondary N) is 1. The monoisotopic (exact) mass is 515 g/mol. The number of carbonyl (C=O) groups excluding carboxylic acids is 2. The maximum atomic E-state index is 12.8. The van der Waals surface area contributed by atoms with E-state index in [1.807, 2.05) is 30.3 Å². The van der Waals surface area contributed by atoms with E-state index in [9.17, 15) is 9.59 Å². The largest absolute Gasteiger partial charge is 0.482 e. The van der Waals surface area contributed by atoms with Crippen molar-refractivity contribution in [2.24, 2.45) is 0 Å². The highest BCUT2D eigenvalue weighted by molar-refractivity contribution is 8.26. The zero-order chi connectivity index (χ0) is 25.2. The van der Waals surface area contributed by atoms with Crippen LogP contribution in [-0.2, 0) is 16.0 Å². The molecule has 0 bridgehead atoms. The molecular formula is C28H25N3O3S2. The highest BCUT2D eigenvalue weighted by Crippen LogP contribution is 2.35. The van der Waals surface area contributed by atoms with E-state index < -0.39 is 0 Å². The van der Waals surface area contributed by atoms with Crippen LogP contribution in [0.25, 0.3) is 6.08 Å². The molecule has 8 heteroatoms. The standard InChI is InChI=1S/C28H25N3O3S2/c1-18-5-3-4-6-22(18)30(2)21-10-7-19(8-11-21)13-14-31-23-15-20(9-12-24(23)34-17-26(31)32)16-25-27(33)29-28(35)36-25/h3-12,15-16H,13-14,17H2,1-2H3,(H,29,33,35). The lowest BCUT2D eigenvalue weighted by Gasteiger charge is -2.30. The van der Waals surface area contributed by atoms with Crippen molar-refractivity contribution in [1.29, 1.82) is 0 Å². The topological polar surface area (TPSA) is 61.9 Å². The molecule has 0 aliphatic carbocycles. The molecule has 2 amide bonds. The van der Waals surface area contributed by atoms with Gasteiger partial charge in [-0.25, -0.2) is 0 Å². The maximum Gasteiger partial charge on any atom is 0.265 e. The number of ether oxygens (including phenoxy) is 1. The number of carbonyl (C=O) groups is 2. The van der Waals surface area contributed by atoms with E-state index in [0.29, 0.717) is 33.6 Å². The molecule has 0 aromatic heterocycles. The van der Waals surface area contributed by atoms with Crippen LogP contribution in [0.4, 0.5) is 17.1 Å². The van der Waals surface area contributed by atoms with Crippen molar-refractivity contribution in [2.45, 2.75) is 13.3 Å². The van der Waals surface area contributed by atoms with E-state index in [1.54, 1.807) is 11.0 Å². The summed E-state index contributed by atoms with van der Waals surface area (Å²) in [5.74, 6) is 0.367. The first-order chi connectivity index (χ1) is 17.4. The molecule has 1 fully saturated rings. The second kappa shape index (κ2) is 10.2. The number of amides is 2. The Hall–Kier alpha value is -3.62. The number of hydrogen-bond donors (Lipinski definition) is 1. The third kappa shape index (κ3) is 5.01. The predicted octanol–water partition coefficient (Wildman–Crippen LogP) is 5.22. The summed E-state index contributed by atoms with van der Waals surface area (Å²) in [4.78, 5) is 29.3. The van der Waals surface area contributed by atoms with Gasteiger partial charge in [0.2, 0.25) is 0 Å². The number of rotatable bonds is 6. The summed E-state index contributed by atoms with van der Waals surface area (Å²) in [6, 6.07) is 22.3. The number of anilines is 3. The van der Waals surface area contributed by atoms with Gasteiger partial charge in [0.15, 0.2) is 6.61 Å². The van der Waals surface area contributed by atoms with Gasteiger partial charge in [-0.2, -0.15) is 0 Å². The van der Waals surface area contributed by atoms with Gasteiger partial charge >= 0.3 is 0 Å². The van der Waals surface area contributed by atoms with E-state index >= 15 is 0 Å². The average Bonchev–Trinajstić information content (AvgIpc) is 3.19. The van der Waals surface area contributed by atoms with E-state index in [2.05, 4.69) is 60.6 Å². The highest BCUT2D eigenvalue weighted by atomic mass is 32.2. The van der Waals surface area contributed by atoms with E-state index in [-0.39, 0.29) is 18.4 Å². The summed E-state index contributed by atoms with van der Waals surface area (Å²) >= 11 is 6.30. The minimum atomic E-state index is -0.205. The molecule has 1 N–H and O–H groups in total. The molecule has 0 atom stereocenters. The van der Waals surface area contributed by atoms with Gasteiger partial charge in [-0.05, 0) is 66.4 Å². The van der Waals surface area contributed by atoms with Crippen LogP contribution in [0.3, 0.4) is 0 Å². The van der Waals surface area contributed by atoms with Crippen LogP contribution in [0.2, 0.25) is 0 Å². The lowest BCUT2D eigenvalue weighted by atomic mass is 10.1. The number of aryl methyl sites for hydroxylation is 1. The van der Waals surface area contributed by atoms with E-state index in [0.717, 1.165) is 16.8 Å². The minimum absolute atomic E-state index is 0.0140. The van der Waals surface area contributed by atoms with Gasteiger partial charge in [-0.3, -0.25) is 9.59 Å². The molecular weight excluding hydrogens is 490 g/mol. The number of hydrogen-bond acceptors (Lipinski definition) is 6. The van der Waals surface area contributed by atoms with Crippen LogP contribution < -0.4 is 19.9 Å². The molecule has 2 aliphatic rings. The summed E-state index contributed by atoms with van der Waals surface area (Å²) in [5.41, 5.74) is 6.15. The number of nitrogens with zero attached hydrogens (tertiary/aromatic N) is 2. The molecule has 182 valence electrons. The lowest BCUT2D eigenvalue weighted by molar-refractivity contribution is -0.121. The summed E-state index contributed by atoms with van der Waals surface area (Å²) in [6.07, 6.45) is 2.48. The summed E-state index contributed by atoms with van der Waals surface area (Å²) < 4.78 is 6.10. The Morgan fingerprint density at radius 2 is 1.89 bits per heavy atom. The van der Waals surface area contributed by atoms with Gasteiger partial charge in [0, 0.05) is 25.0 Å². The van der Waals surface area contributed by atoms with Crippen molar-refractivity contribution in [3.05, 3.63) is 88.3 Å². The van der Waals surface area contributed by atoms with Crippen molar-refractivity contribution >= 4 is 63.3 Å². The summed E-state index contributed by atoms with van der Waals surface area (Å²) in [5, 5.41) is 2.62. The molecule has 6 nitrogen and oxygen atoms in total.